The van der Waals surface area contributed by atoms with Crippen molar-refractivity contribution in [1.29, 1.82) is 0 Å². The summed E-state index contributed by atoms with van der Waals surface area (Å²) in [7, 11) is 0. The van der Waals surface area contributed by atoms with E-state index in [4.69, 9.17) is 4.74 Å². The molecule has 19 heavy (non-hydrogen) atoms. The largest absolute Gasteiger partial charge is 0.491 e. The number of ether oxygens (including phenoxy) is 1. The number of aliphatic hydroxyl groups excluding tert-OH is 1. The van der Waals surface area contributed by atoms with Crippen LogP contribution in [0.25, 0.3) is 0 Å². The van der Waals surface area contributed by atoms with E-state index in [1.807, 2.05) is 24.3 Å². The van der Waals surface area contributed by atoms with Gasteiger partial charge in [0, 0.05) is 11.0 Å². The quantitative estimate of drug-likeness (QED) is 0.755. The lowest BCUT2D eigenvalue weighted by atomic mass is 9.92. The van der Waals surface area contributed by atoms with E-state index < -0.39 is 6.10 Å². The van der Waals surface area contributed by atoms with E-state index in [9.17, 15) is 5.11 Å². The zero-order valence-electron chi connectivity index (χ0n) is 11.9. The van der Waals surface area contributed by atoms with Gasteiger partial charge in [-0.3, -0.25) is 0 Å². The molecule has 0 saturated carbocycles. The second kappa shape index (κ2) is 7.88. The Kier molecular flexibility index (Phi) is 6.83. The third kappa shape index (κ3) is 8.24. The first kappa shape index (κ1) is 16.5. The van der Waals surface area contributed by atoms with Crippen LogP contribution in [0.4, 0.5) is 0 Å². The van der Waals surface area contributed by atoms with E-state index >= 15 is 0 Å². The summed E-state index contributed by atoms with van der Waals surface area (Å²) in [6.07, 6.45) is 0.602. The lowest BCUT2D eigenvalue weighted by Gasteiger charge is -2.19. The minimum Gasteiger partial charge on any atom is -0.491 e. The fraction of sp³-hybridized carbons (Fsp3) is 0.600. The number of halogens is 1. The van der Waals surface area contributed by atoms with Gasteiger partial charge in [-0.15, -0.1) is 0 Å². The molecule has 0 aromatic heterocycles. The van der Waals surface area contributed by atoms with Crippen LogP contribution < -0.4 is 10.1 Å². The van der Waals surface area contributed by atoms with E-state index in [2.05, 4.69) is 42.0 Å². The van der Waals surface area contributed by atoms with E-state index in [1.54, 1.807) is 0 Å². The van der Waals surface area contributed by atoms with Gasteiger partial charge in [-0.2, -0.15) is 0 Å². The first-order chi connectivity index (χ1) is 8.87. The van der Waals surface area contributed by atoms with Gasteiger partial charge < -0.3 is 15.2 Å². The van der Waals surface area contributed by atoms with Crippen LogP contribution in [0.15, 0.2) is 28.7 Å². The predicted molar refractivity (Wildman–Crippen MR) is 82.6 cm³/mol. The van der Waals surface area contributed by atoms with Crippen LogP contribution in [0, 0.1) is 5.41 Å². The van der Waals surface area contributed by atoms with Crippen molar-refractivity contribution < 1.29 is 9.84 Å². The van der Waals surface area contributed by atoms with Gasteiger partial charge in [0.2, 0.25) is 0 Å². The minimum atomic E-state index is -0.487. The summed E-state index contributed by atoms with van der Waals surface area (Å²) in [5.41, 5.74) is 0.324. The maximum atomic E-state index is 9.81. The standard InChI is InChI=1S/C15H24BrNO2/c1-15(2,3)7-8-17-10-13(18)11-19-14-6-4-5-12(16)9-14/h4-6,9,13,17-18H,7-8,10-11H2,1-3H3. The molecule has 1 aromatic carbocycles. The molecule has 4 heteroatoms. The predicted octanol–water partition coefficient (Wildman–Crippen LogP) is 3.21. The molecule has 1 atom stereocenters. The number of hydrogen-bond donors (Lipinski definition) is 2. The van der Waals surface area contributed by atoms with Gasteiger partial charge in [0.05, 0.1) is 0 Å². The van der Waals surface area contributed by atoms with E-state index in [1.165, 1.54) is 0 Å². The van der Waals surface area contributed by atoms with Gasteiger partial charge in [0.25, 0.3) is 0 Å². The molecule has 1 unspecified atom stereocenters. The fourth-order valence-corrected chi connectivity index (χ4v) is 1.92. The molecule has 0 heterocycles. The fourth-order valence-electron chi connectivity index (χ4n) is 1.54. The Bertz CT molecular complexity index is 377. The molecule has 0 fully saturated rings. The highest BCUT2D eigenvalue weighted by Gasteiger charge is 2.10. The number of nitrogens with one attached hydrogen (secondary N) is 1. The van der Waals surface area contributed by atoms with Crippen LogP contribution in [0.2, 0.25) is 0 Å². The Morgan fingerprint density at radius 2 is 2.11 bits per heavy atom. The molecule has 0 saturated heterocycles. The van der Waals surface area contributed by atoms with Crippen molar-refractivity contribution in [2.45, 2.75) is 33.3 Å². The van der Waals surface area contributed by atoms with Gasteiger partial charge in [0.15, 0.2) is 0 Å². The second-order valence-corrected chi connectivity index (χ2v) is 6.85. The highest BCUT2D eigenvalue weighted by Crippen LogP contribution is 2.18. The Balaban J connectivity index is 2.16. The molecule has 1 rings (SSSR count). The van der Waals surface area contributed by atoms with Crippen LogP contribution in [0.3, 0.4) is 0 Å². The summed E-state index contributed by atoms with van der Waals surface area (Å²) in [5.74, 6) is 0.767. The second-order valence-electron chi connectivity index (χ2n) is 5.94. The monoisotopic (exact) mass is 329 g/mol. The van der Waals surface area contributed by atoms with Crippen molar-refractivity contribution in [1.82, 2.24) is 5.32 Å². The average Bonchev–Trinajstić information content (AvgIpc) is 2.31. The molecule has 1 aromatic rings. The average molecular weight is 330 g/mol. The van der Waals surface area contributed by atoms with Crippen LogP contribution in [0.1, 0.15) is 27.2 Å². The molecule has 0 aliphatic carbocycles. The molecule has 2 N–H and O–H groups in total. The van der Waals surface area contributed by atoms with E-state index in [0.717, 1.165) is 23.2 Å². The Labute approximate surface area is 124 Å². The van der Waals surface area contributed by atoms with Gasteiger partial charge in [0.1, 0.15) is 18.5 Å². The smallest absolute Gasteiger partial charge is 0.120 e. The van der Waals surface area contributed by atoms with E-state index in [0.29, 0.717) is 18.6 Å². The summed E-state index contributed by atoms with van der Waals surface area (Å²) >= 11 is 3.38. The molecule has 0 radical (unpaired) electrons. The van der Waals surface area contributed by atoms with Crippen LogP contribution in [-0.4, -0.2) is 30.9 Å². The zero-order valence-corrected chi connectivity index (χ0v) is 13.5. The van der Waals surface area contributed by atoms with Crippen molar-refractivity contribution >= 4 is 15.9 Å². The molecular weight excluding hydrogens is 306 g/mol. The Hall–Kier alpha value is -0.580. The van der Waals surface area contributed by atoms with Crippen molar-refractivity contribution in [3.8, 4) is 5.75 Å². The van der Waals surface area contributed by atoms with Crippen LogP contribution in [-0.2, 0) is 0 Å². The number of rotatable bonds is 7. The molecule has 0 aliphatic rings. The highest BCUT2D eigenvalue weighted by atomic mass is 79.9. The first-order valence-electron chi connectivity index (χ1n) is 6.64. The van der Waals surface area contributed by atoms with Gasteiger partial charge >= 0.3 is 0 Å². The molecule has 3 nitrogen and oxygen atoms in total. The summed E-state index contributed by atoms with van der Waals surface area (Å²) in [6, 6.07) is 7.62. The third-order valence-electron chi connectivity index (χ3n) is 2.67. The van der Waals surface area contributed by atoms with E-state index in [-0.39, 0.29) is 0 Å². The lowest BCUT2D eigenvalue weighted by Crippen LogP contribution is -2.33. The zero-order chi connectivity index (χ0) is 14.3. The van der Waals surface area contributed by atoms with Gasteiger partial charge in [-0.25, -0.2) is 0 Å². The topological polar surface area (TPSA) is 41.5 Å². The lowest BCUT2D eigenvalue weighted by molar-refractivity contribution is 0.106. The van der Waals surface area contributed by atoms with Crippen molar-refractivity contribution in [3.63, 3.8) is 0 Å². The molecular formula is C15H24BrNO2. The summed E-state index contributed by atoms with van der Waals surface area (Å²) in [4.78, 5) is 0. The maximum absolute atomic E-state index is 9.81. The van der Waals surface area contributed by atoms with Crippen molar-refractivity contribution in [2.75, 3.05) is 19.7 Å². The van der Waals surface area contributed by atoms with Crippen molar-refractivity contribution in [2.24, 2.45) is 5.41 Å². The molecule has 0 aliphatic heterocycles. The van der Waals surface area contributed by atoms with Gasteiger partial charge in [-0.05, 0) is 36.6 Å². The molecule has 108 valence electrons. The van der Waals surface area contributed by atoms with Crippen LogP contribution in [0.5, 0.6) is 5.75 Å². The maximum Gasteiger partial charge on any atom is 0.120 e. The molecule has 0 spiro atoms. The van der Waals surface area contributed by atoms with Crippen LogP contribution >= 0.6 is 15.9 Å². The first-order valence-corrected chi connectivity index (χ1v) is 7.43. The summed E-state index contributed by atoms with van der Waals surface area (Å²) < 4.78 is 6.50. The van der Waals surface area contributed by atoms with Crippen molar-refractivity contribution in [3.05, 3.63) is 28.7 Å². The number of aliphatic hydroxyl groups is 1. The number of hydrogen-bond acceptors (Lipinski definition) is 3. The minimum absolute atomic E-state index is 0.305. The summed E-state index contributed by atoms with van der Waals surface area (Å²) in [5, 5.41) is 13.1. The number of benzene rings is 1. The third-order valence-corrected chi connectivity index (χ3v) is 3.16. The van der Waals surface area contributed by atoms with Gasteiger partial charge in [-0.1, -0.05) is 42.8 Å². The highest BCUT2D eigenvalue weighted by molar-refractivity contribution is 9.10. The SMILES string of the molecule is CC(C)(C)CCNCC(O)COc1cccc(Br)c1. The molecule has 0 amide bonds. The Morgan fingerprint density at radius 1 is 1.37 bits per heavy atom. The molecule has 0 bridgehead atoms. The summed E-state index contributed by atoms with van der Waals surface area (Å²) in [6.45, 7) is 8.41. The Morgan fingerprint density at radius 3 is 2.74 bits per heavy atom. The normalized spacial score (nSPS) is 13.3.